The molecule has 102 valence electrons. The SMILES string of the molecule is CCC(COS(=O)(=O)c1ccc(C)cc1)C(C)C. The summed E-state index contributed by atoms with van der Waals surface area (Å²) in [5.74, 6) is 0.688. The van der Waals surface area contributed by atoms with Crippen LogP contribution in [-0.4, -0.2) is 15.0 Å². The van der Waals surface area contributed by atoms with Gasteiger partial charge in [-0.25, -0.2) is 0 Å². The van der Waals surface area contributed by atoms with Crippen molar-refractivity contribution >= 4 is 10.1 Å². The van der Waals surface area contributed by atoms with E-state index < -0.39 is 10.1 Å². The van der Waals surface area contributed by atoms with Gasteiger partial charge in [0.25, 0.3) is 10.1 Å². The van der Waals surface area contributed by atoms with E-state index in [1.807, 2.05) is 13.8 Å². The molecule has 0 saturated heterocycles. The molecule has 0 radical (unpaired) electrons. The van der Waals surface area contributed by atoms with E-state index in [1.165, 1.54) is 0 Å². The minimum absolute atomic E-state index is 0.228. The van der Waals surface area contributed by atoms with Crippen LogP contribution in [-0.2, 0) is 14.3 Å². The first-order valence-corrected chi connectivity index (χ1v) is 7.73. The van der Waals surface area contributed by atoms with Crippen molar-refractivity contribution in [2.45, 2.75) is 39.0 Å². The summed E-state index contributed by atoms with van der Waals surface area (Å²) < 4.78 is 29.1. The third-order valence-corrected chi connectivity index (χ3v) is 4.51. The molecule has 0 aliphatic heterocycles. The Labute approximate surface area is 110 Å². The zero-order valence-corrected chi connectivity index (χ0v) is 12.3. The van der Waals surface area contributed by atoms with Crippen molar-refractivity contribution in [1.29, 1.82) is 0 Å². The fourth-order valence-electron chi connectivity index (χ4n) is 1.73. The van der Waals surface area contributed by atoms with E-state index >= 15 is 0 Å². The van der Waals surface area contributed by atoms with Gasteiger partial charge in [-0.1, -0.05) is 44.9 Å². The summed E-state index contributed by atoms with van der Waals surface area (Å²) in [6.07, 6.45) is 0.918. The highest BCUT2D eigenvalue weighted by molar-refractivity contribution is 7.86. The van der Waals surface area contributed by atoms with Gasteiger partial charge in [-0.05, 0) is 30.9 Å². The summed E-state index contributed by atoms with van der Waals surface area (Å²) in [6, 6.07) is 6.72. The summed E-state index contributed by atoms with van der Waals surface area (Å²) >= 11 is 0. The predicted molar refractivity (Wildman–Crippen MR) is 72.9 cm³/mol. The Morgan fingerprint density at radius 2 is 1.72 bits per heavy atom. The van der Waals surface area contributed by atoms with Gasteiger partial charge >= 0.3 is 0 Å². The van der Waals surface area contributed by atoms with Crippen molar-refractivity contribution in [3.05, 3.63) is 29.8 Å². The van der Waals surface area contributed by atoms with Crippen LogP contribution in [0.1, 0.15) is 32.8 Å². The quantitative estimate of drug-likeness (QED) is 0.744. The van der Waals surface area contributed by atoms with E-state index in [1.54, 1.807) is 24.3 Å². The van der Waals surface area contributed by atoms with Crippen LogP contribution in [0.5, 0.6) is 0 Å². The highest BCUT2D eigenvalue weighted by atomic mass is 32.2. The molecular weight excluding hydrogens is 248 g/mol. The first kappa shape index (κ1) is 15.2. The number of rotatable bonds is 6. The van der Waals surface area contributed by atoms with Crippen LogP contribution in [0.2, 0.25) is 0 Å². The van der Waals surface area contributed by atoms with E-state index in [0.29, 0.717) is 5.92 Å². The van der Waals surface area contributed by atoms with Crippen LogP contribution < -0.4 is 0 Å². The Hall–Kier alpha value is -0.870. The number of aryl methyl sites for hydroxylation is 1. The zero-order chi connectivity index (χ0) is 13.8. The van der Waals surface area contributed by atoms with Crippen LogP contribution in [0.25, 0.3) is 0 Å². The molecule has 1 atom stereocenters. The number of hydrogen-bond donors (Lipinski definition) is 0. The Bertz CT molecular complexity index is 460. The van der Waals surface area contributed by atoms with Gasteiger partial charge in [0.2, 0.25) is 0 Å². The summed E-state index contributed by atoms with van der Waals surface area (Å²) in [6.45, 7) is 8.38. The molecule has 0 saturated carbocycles. The van der Waals surface area contributed by atoms with E-state index in [2.05, 4.69) is 13.8 Å². The van der Waals surface area contributed by atoms with Gasteiger partial charge in [0, 0.05) is 0 Å². The van der Waals surface area contributed by atoms with Gasteiger partial charge in [-0.2, -0.15) is 8.42 Å². The molecule has 0 fully saturated rings. The molecule has 0 heterocycles. The molecule has 0 amide bonds. The first-order valence-electron chi connectivity index (χ1n) is 6.33. The minimum Gasteiger partial charge on any atom is -0.266 e. The molecule has 1 aromatic rings. The maximum atomic E-state index is 12.0. The van der Waals surface area contributed by atoms with Gasteiger partial charge in [0.15, 0.2) is 0 Å². The molecule has 0 aliphatic carbocycles. The average molecular weight is 270 g/mol. The maximum absolute atomic E-state index is 12.0. The second kappa shape index (κ2) is 6.34. The van der Waals surface area contributed by atoms with Crippen molar-refractivity contribution in [2.24, 2.45) is 11.8 Å². The second-order valence-electron chi connectivity index (χ2n) is 4.96. The molecule has 0 aromatic heterocycles. The topological polar surface area (TPSA) is 43.4 Å². The summed E-state index contributed by atoms with van der Waals surface area (Å²) in [5, 5.41) is 0. The van der Waals surface area contributed by atoms with Gasteiger partial charge in [-0.3, -0.25) is 4.18 Å². The largest absolute Gasteiger partial charge is 0.296 e. The average Bonchev–Trinajstić information content (AvgIpc) is 2.29. The Balaban J connectivity index is 2.73. The van der Waals surface area contributed by atoms with Crippen molar-refractivity contribution < 1.29 is 12.6 Å². The first-order chi connectivity index (χ1) is 8.36. The fourth-order valence-corrected chi connectivity index (χ4v) is 2.69. The molecule has 18 heavy (non-hydrogen) atoms. The smallest absolute Gasteiger partial charge is 0.266 e. The van der Waals surface area contributed by atoms with Gasteiger partial charge in [-0.15, -0.1) is 0 Å². The van der Waals surface area contributed by atoms with E-state index in [0.717, 1.165) is 12.0 Å². The molecule has 1 unspecified atom stereocenters. The summed E-state index contributed by atoms with van der Waals surface area (Å²) in [5.41, 5.74) is 1.03. The van der Waals surface area contributed by atoms with Gasteiger partial charge in [0.05, 0.1) is 11.5 Å². The van der Waals surface area contributed by atoms with Crippen LogP contribution >= 0.6 is 0 Å². The predicted octanol–water partition coefficient (Wildman–Crippen LogP) is 3.38. The zero-order valence-electron chi connectivity index (χ0n) is 11.5. The normalized spacial score (nSPS) is 13.8. The summed E-state index contributed by atoms with van der Waals surface area (Å²) in [4.78, 5) is 0.228. The van der Waals surface area contributed by atoms with Crippen molar-refractivity contribution in [2.75, 3.05) is 6.61 Å². The molecule has 1 rings (SSSR count). The molecule has 0 spiro atoms. The molecule has 0 bridgehead atoms. The van der Waals surface area contributed by atoms with E-state index in [9.17, 15) is 8.42 Å². The standard InChI is InChI=1S/C14H22O3S/c1-5-13(11(2)3)10-17-18(15,16)14-8-6-12(4)7-9-14/h6-9,11,13H,5,10H2,1-4H3. The third kappa shape index (κ3) is 4.10. The van der Waals surface area contributed by atoms with Gasteiger partial charge in [0.1, 0.15) is 0 Å². The minimum atomic E-state index is -3.62. The molecular formula is C14H22O3S. The monoisotopic (exact) mass is 270 g/mol. The molecule has 0 aliphatic rings. The highest BCUT2D eigenvalue weighted by Crippen LogP contribution is 2.19. The molecule has 4 heteroatoms. The lowest BCUT2D eigenvalue weighted by Gasteiger charge is -2.18. The van der Waals surface area contributed by atoms with E-state index in [-0.39, 0.29) is 17.4 Å². The Morgan fingerprint density at radius 3 is 2.17 bits per heavy atom. The van der Waals surface area contributed by atoms with Gasteiger partial charge < -0.3 is 0 Å². The second-order valence-corrected chi connectivity index (χ2v) is 6.58. The Kier molecular flexibility index (Phi) is 5.35. The maximum Gasteiger partial charge on any atom is 0.296 e. The highest BCUT2D eigenvalue weighted by Gasteiger charge is 2.19. The number of hydrogen-bond acceptors (Lipinski definition) is 3. The van der Waals surface area contributed by atoms with Crippen molar-refractivity contribution in [3.8, 4) is 0 Å². The van der Waals surface area contributed by atoms with Crippen LogP contribution in [0.4, 0.5) is 0 Å². The molecule has 3 nitrogen and oxygen atoms in total. The van der Waals surface area contributed by atoms with E-state index in [4.69, 9.17) is 4.18 Å². The lowest BCUT2D eigenvalue weighted by Crippen LogP contribution is -2.18. The van der Waals surface area contributed by atoms with Crippen LogP contribution in [0, 0.1) is 18.8 Å². The van der Waals surface area contributed by atoms with Crippen LogP contribution in [0.3, 0.4) is 0 Å². The fraction of sp³-hybridized carbons (Fsp3) is 0.571. The Morgan fingerprint density at radius 1 is 1.17 bits per heavy atom. The lowest BCUT2D eigenvalue weighted by molar-refractivity contribution is 0.210. The third-order valence-electron chi connectivity index (χ3n) is 3.21. The summed E-state index contributed by atoms with van der Waals surface area (Å²) in [7, 11) is -3.62. The molecule has 0 N–H and O–H groups in total. The number of benzene rings is 1. The lowest BCUT2D eigenvalue weighted by atomic mass is 9.94. The van der Waals surface area contributed by atoms with Crippen molar-refractivity contribution in [3.63, 3.8) is 0 Å². The molecule has 1 aromatic carbocycles. The van der Waals surface area contributed by atoms with Crippen molar-refractivity contribution in [1.82, 2.24) is 0 Å². The van der Waals surface area contributed by atoms with Crippen LogP contribution in [0.15, 0.2) is 29.2 Å².